The summed E-state index contributed by atoms with van der Waals surface area (Å²) in [5.74, 6) is 0. The number of rotatable bonds is 1. The Morgan fingerprint density at radius 2 is 0.812 bits per heavy atom. The molecule has 4 heteroatoms. The molecule has 0 heterocycles. The van der Waals surface area contributed by atoms with E-state index in [1.165, 1.54) is 11.1 Å². The second-order valence-corrected chi connectivity index (χ2v) is 3.34. The summed E-state index contributed by atoms with van der Waals surface area (Å²) in [4.78, 5) is 0. The zero-order chi connectivity index (χ0) is 11.8. The molecule has 0 atom stereocenters. The van der Waals surface area contributed by atoms with E-state index in [4.69, 9.17) is 12.6 Å². The smallest absolute Gasteiger partial charge is 0.142 e. The van der Waals surface area contributed by atoms with Crippen LogP contribution in [0.3, 0.4) is 0 Å². The second kappa shape index (κ2) is 6.53. The van der Waals surface area contributed by atoms with Crippen LogP contribution < -0.4 is 0 Å². The van der Waals surface area contributed by atoms with Gasteiger partial charge in [-0.1, -0.05) is 60.7 Å². The number of hydrogen-bond donors (Lipinski definition) is 0. The molecular formula is C12H10O3S. The van der Waals surface area contributed by atoms with Gasteiger partial charge in [0.05, 0.1) is 0 Å². The van der Waals surface area contributed by atoms with Gasteiger partial charge in [0.25, 0.3) is 0 Å². The van der Waals surface area contributed by atoms with Gasteiger partial charge in [-0.05, 0) is 11.1 Å². The predicted molar refractivity (Wildman–Crippen MR) is 61.6 cm³/mol. The van der Waals surface area contributed by atoms with Gasteiger partial charge in [-0.3, -0.25) is 0 Å². The maximum Gasteiger partial charge on any atom is 0.425 e. The van der Waals surface area contributed by atoms with Crippen molar-refractivity contribution in [2.45, 2.75) is 0 Å². The molecule has 0 aliphatic rings. The maximum atomic E-state index is 8.44. The minimum absolute atomic E-state index is 1.28. The third kappa shape index (κ3) is 4.52. The molecule has 0 aliphatic carbocycles. The van der Waals surface area contributed by atoms with Gasteiger partial charge in [0, 0.05) is 0 Å². The first-order valence-electron chi connectivity index (χ1n) is 4.57. The van der Waals surface area contributed by atoms with E-state index in [9.17, 15) is 0 Å². The molecule has 82 valence electrons. The van der Waals surface area contributed by atoms with Gasteiger partial charge in [-0.2, -0.15) is 0 Å². The molecule has 0 amide bonds. The molecule has 0 radical (unpaired) electrons. The molecule has 0 N–H and O–H groups in total. The van der Waals surface area contributed by atoms with Crippen molar-refractivity contribution in [3.05, 3.63) is 60.7 Å². The molecule has 2 aromatic carbocycles. The van der Waals surface area contributed by atoms with Gasteiger partial charge >= 0.3 is 10.6 Å². The molecule has 2 rings (SSSR count). The molecule has 0 unspecified atom stereocenters. The summed E-state index contributed by atoms with van der Waals surface area (Å²) in [6.07, 6.45) is 0. The summed E-state index contributed by atoms with van der Waals surface area (Å²) >= 11 is 0. The first-order valence-corrected chi connectivity index (χ1v) is 5.57. The third-order valence-corrected chi connectivity index (χ3v) is 1.88. The first kappa shape index (κ1) is 12.1. The molecule has 0 aliphatic heterocycles. The molecular weight excluding hydrogens is 224 g/mol. The van der Waals surface area contributed by atoms with Gasteiger partial charge in [-0.25, -0.2) is 0 Å². The van der Waals surface area contributed by atoms with E-state index in [0.717, 1.165) is 0 Å². The minimum Gasteiger partial charge on any atom is -0.142 e. The van der Waals surface area contributed by atoms with Gasteiger partial charge < -0.3 is 0 Å². The van der Waals surface area contributed by atoms with Gasteiger partial charge in [-0.15, -0.1) is 12.6 Å². The van der Waals surface area contributed by atoms with E-state index in [1.54, 1.807) is 0 Å². The van der Waals surface area contributed by atoms with Crippen LogP contribution >= 0.6 is 0 Å². The zero-order valence-corrected chi connectivity index (χ0v) is 9.22. The Morgan fingerprint density at radius 3 is 1.06 bits per heavy atom. The summed E-state index contributed by atoms with van der Waals surface area (Å²) in [5.41, 5.74) is 2.55. The molecule has 16 heavy (non-hydrogen) atoms. The van der Waals surface area contributed by atoms with E-state index in [2.05, 4.69) is 48.5 Å². The van der Waals surface area contributed by atoms with Crippen molar-refractivity contribution >= 4 is 10.6 Å². The standard InChI is InChI=1S/C12H10.O3S/c1-3-7-11(8-4-1)12-9-5-2-6-10-12;1-4(2)3/h1-10H;. The van der Waals surface area contributed by atoms with Crippen molar-refractivity contribution in [1.29, 1.82) is 0 Å². The van der Waals surface area contributed by atoms with Crippen LogP contribution in [0.15, 0.2) is 60.7 Å². The highest BCUT2D eigenvalue weighted by molar-refractivity contribution is 7.59. The van der Waals surface area contributed by atoms with Crippen molar-refractivity contribution in [1.82, 2.24) is 0 Å². The van der Waals surface area contributed by atoms with Crippen molar-refractivity contribution < 1.29 is 12.6 Å². The third-order valence-electron chi connectivity index (χ3n) is 1.88. The SMILES string of the molecule is O=S(=O)=O.c1ccc(-c2ccccc2)cc1. The lowest BCUT2D eigenvalue weighted by Gasteiger charge is -1.98. The normalized spacial score (nSPS) is 8.75. The molecule has 0 bridgehead atoms. The van der Waals surface area contributed by atoms with Crippen LogP contribution in [0, 0.1) is 0 Å². The Bertz CT molecular complexity index is 474. The van der Waals surface area contributed by atoms with E-state index in [-0.39, 0.29) is 0 Å². The largest absolute Gasteiger partial charge is 0.425 e. The monoisotopic (exact) mass is 234 g/mol. The van der Waals surface area contributed by atoms with E-state index in [0.29, 0.717) is 0 Å². The van der Waals surface area contributed by atoms with Crippen LogP contribution in [0.2, 0.25) is 0 Å². The molecule has 0 saturated carbocycles. The molecule has 3 nitrogen and oxygen atoms in total. The van der Waals surface area contributed by atoms with Crippen LogP contribution in [0.1, 0.15) is 0 Å². The fourth-order valence-electron chi connectivity index (χ4n) is 1.26. The lowest BCUT2D eigenvalue weighted by atomic mass is 10.1. The Balaban J connectivity index is 0.000000280. The lowest BCUT2D eigenvalue weighted by molar-refractivity contribution is 0.559. The Morgan fingerprint density at radius 1 is 0.562 bits per heavy atom. The number of hydrogen-bond acceptors (Lipinski definition) is 3. The molecule has 0 fully saturated rings. The second-order valence-electron chi connectivity index (χ2n) is 2.94. The summed E-state index contributed by atoms with van der Waals surface area (Å²) in [5, 5.41) is 0. The van der Waals surface area contributed by atoms with Gasteiger partial charge in [0.15, 0.2) is 0 Å². The zero-order valence-electron chi connectivity index (χ0n) is 8.41. The van der Waals surface area contributed by atoms with Crippen LogP contribution in [0.5, 0.6) is 0 Å². The molecule has 0 spiro atoms. The van der Waals surface area contributed by atoms with Crippen molar-refractivity contribution in [3.63, 3.8) is 0 Å². The maximum absolute atomic E-state index is 8.44. The topological polar surface area (TPSA) is 51.2 Å². The minimum atomic E-state index is -3.11. The summed E-state index contributed by atoms with van der Waals surface area (Å²) in [6, 6.07) is 20.8. The van der Waals surface area contributed by atoms with Crippen LogP contribution in [-0.2, 0) is 10.6 Å². The van der Waals surface area contributed by atoms with E-state index >= 15 is 0 Å². The van der Waals surface area contributed by atoms with Crippen LogP contribution in [0.25, 0.3) is 11.1 Å². The highest BCUT2D eigenvalue weighted by atomic mass is 32.2. The van der Waals surface area contributed by atoms with Crippen molar-refractivity contribution in [2.75, 3.05) is 0 Å². The van der Waals surface area contributed by atoms with Crippen molar-refractivity contribution in [2.24, 2.45) is 0 Å². The summed E-state index contributed by atoms with van der Waals surface area (Å²) in [6.45, 7) is 0. The van der Waals surface area contributed by atoms with Crippen LogP contribution in [0.4, 0.5) is 0 Å². The predicted octanol–water partition coefficient (Wildman–Crippen LogP) is 2.35. The average molecular weight is 234 g/mol. The Kier molecular flexibility index (Phi) is 4.95. The quantitative estimate of drug-likeness (QED) is 0.761. The summed E-state index contributed by atoms with van der Waals surface area (Å²) in [7, 11) is -3.11. The summed E-state index contributed by atoms with van der Waals surface area (Å²) < 4.78 is 25.3. The Hall–Kier alpha value is -1.94. The van der Waals surface area contributed by atoms with Gasteiger partial charge in [0.2, 0.25) is 0 Å². The first-order chi connectivity index (χ1) is 7.70. The van der Waals surface area contributed by atoms with Crippen LogP contribution in [-0.4, -0.2) is 12.6 Å². The molecule has 0 saturated heterocycles. The molecule has 0 aromatic heterocycles. The Labute approximate surface area is 95.4 Å². The fraction of sp³-hybridized carbons (Fsp3) is 0. The van der Waals surface area contributed by atoms with Gasteiger partial charge in [0.1, 0.15) is 0 Å². The highest BCUT2D eigenvalue weighted by Gasteiger charge is 1.91. The number of benzene rings is 2. The van der Waals surface area contributed by atoms with E-state index < -0.39 is 10.6 Å². The average Bonchev–Trinajstić information content (AvgIpc) is 2.31. The highest BCUT2D eigenvalue weighted by Crippen LogP contribution is 2.17. The lowest BCUT2D eigenvalue weighted by Crippen LogP contribution is -1.73. The van der Waals surface area contributed by atoms with Crippen molar-refractivity contribution in [3.8, 4) is 11.1 Å². The fourth-order valence-corrected chi connectivity index (χ4v) is 1.26. The van der Waals surface area contributed by atoms with E-state index in [1.807, 2.05) is 12.1 Å². The molecule has 2 aromatic rings.